The zero-order chi connectivity index (χ0) is 17.9. The molecular weight excluding hydrogens is 346 g/mol. The lowest BCUT2D eigenvalue weighted by atomic mass is 10.1. The average molecular weight is 363 g/mol. The molecule has 1 aliphatic rings. The number of hydrogen-bond acceptors (Lipinski definition) is 7. The normalized spacial score (nSPS) is 15.0. The van der Waals surface area contributed by atoms with Crippen molar-refractivity contribution < 1.29 is 13.3 Å². The number of hydrogen-bond donors (Lipinski definition) is 1. The summed E-state index contributed by atoms with van der Waals surface area (Å²) in [5, 5.41) is 10.6. The third kappa shape index (κ3) is 4.02. The molecule has 0 amide bonds. The molecule has 10 heteroatoms. The van der Waals surface area contributed by atoms with Crippen molar-refractivity contribution in [3.63, 3.8) is 0 Å². The summed E-state index contributed by atoms with van der Waals surface area (Å²) >= 11 is 0. The fourth-order valence-electron chi connectivity index (χ4n) is 2.59. The Kier molecular flexibility index (Phi) is 4.79. The Bertz CT molecular complexity index is 846. The molecule has 1 saturated heterocycles. The van der Waals surface area contributed by atoms with Crippen molar-refractivity contribution in [2.24, 2.45) is 0 Å². The molecule has 0 aliphatic carbocycles. The lowest BCUT2D eigenvalue weighted by Crippen LogP contribution is -2.30. The largest absolute Gasteiger partial charge is 0.341 e. The van der Waals surface area contributed by atoms with Gasteiger partial charge in [-0.05, 0) is 31.4 Å². The van der Waals surface area contributed by atoms with Gasteiger partial charge in [0.25, 0.3) is 15.7 Å². The van der Waals surface area contributed by atoms with Crippen molar-refractivity contribution in [3.8, 4) is 0 Å². The quantitative estimate of drug-likeness (QED) is 0.639. The van der Waals surface area contributed by atoms with Crippen LogP contribution in [0.15, 0.2) is 41.6 Å². The highest BCUT2D eigenvalue weighted by atomic mass is 32.2. The van der Waals surface area contributed by atoms with Crippen molar-refractivity contribution in [2.75, 3.05) is 22.7 Å². The van der Waals surface area contributed by atoms with Crippen LogP contribution in [0.1, 0.15) is 19.3 Å². The fraction of sp³-hybridized carbons (Fsp3) is 0.333. The summed E-state index contributed by atoms with van der Waals surface area (Å²) in [5.74, 6) is 0.581. The lowest BCUT2D eigenvalue weighted by Gasteiger charge is -2.26. The molecule has 25 heavy (non-hydrogen) atoms. The van der Waals surface area contributed by atoms with E-state index in [1.54, 1.807) is 0 Å². The molecule has 1 aromatic heterocycles. The number of nitrogens with zero attached hydrogens (tertiary/aromatic N) is 4. The van der Waals surface area contributed by atoms with Crippen LogP contribution in [0.2, 0.25) is 0 Å². The summed E-state index contributed by atoms with van der Waals surface area (Å²) in [6.45, 7) is 1.79. The van der Waals surface area contributed by atoms with Crippen LogP contribution in [0.5, 0.6) is 0 Å². The van der Waals surface area contributed by atoms with Gasteiger partial charge >= 0.3 is 0 Å². The van der Waals surface area contributed by atoms with Gasteiger partial charge in [0.1, 0.15) is 0 Å². The minimum absolute atomic E-state index is 0.0711. The van der Waals surface area contributed by atoms with Gasteiger partial charge in [0.05, 0.1) is 27.9 Å². The Labute approximate surface area is 144 Å². The number of anilines is 2. The van der Waals surface area contributed by atoms with Crippen molar-refractivity contribution in [2.45, 2.75) is 24.2 Å². The highest BCUT2D eigenvalue weighted by molar-refractivity contribution is 7.92. The second kappa shape index (κ2) is 7.01. The molecule has 0 atom stereocenters. The summed E-state index contributed by atoms with van der Waals surface area (Å²) in [6, 6.07) is 4.65. The van der Waals surface area contributed by atoms with E-state index in [4.69, 9.17) is 0 Å². The zero-order valence-corrected chi connectivity index (χ0v) is 14.1. The van der Waals surface area contributed by atoms with Gasteiger partial charge in [0, 0.05) is 25.2 Å². The van der Waals surface area contributed by atoms with Gasteiger partial charge in [-0.25, -0.2) is 18.4 Å². The van der Waals surface area contributed by atoms with Gasteiger partial charge in [0.15, 0.2) is 0 Å². The van der Waals surface area contributed by atoms with Gasteiger partial charge in [0.2, 0.25) is 5.95 Å². The first kappa shape index (κ1) is 17.1. The predicted molar refractivity (Wildman–Crippen MR) is 92.0 cm³/mol. The number of rotatable bonds is 5. The minimum atomic E-state index is -3.86. The van der Waals surface area contributed by atoms with E-state index in [-0.39, 0.29) is 16.3 Å². The Morgan fingerprint density at radius 2 is 1.64 bits per heavy atom. The number of nitro benzene ring substituents is 1. The first-order valence-electron chi connectivity index (χ1n) is 7.80. The number of sulfonamides is 1. The maximum atomic E-state index is 12.3. The third-order valence-corrected chi connectivity index (χ3v) is 5.28. The van der Waals surface area contributed by atoms with Gasteiger partial charge in [-0.1, -0.05) is 0 Å². The van der Waals surface area contributed by atoms with E-state index in [1.165, 1.54) is 30.9 Å². The summed E-state index contributed by atoms with van der Waals surface area (Å²) in [7, 11) is -3.86. The predicted octanol–water partition coefficient (Wildman–Crippen LogP) is 2.18. The number of nitrogens with one attached hydrogen (secondary N) is 1. The molecule has 132 valence electrons. The molecule has 1 N–H and O–H groups in total. The molecule has 0 spiro atoms. The average Bonchev–Trinajstić information content (AvgIpc) is 2.63. The van der Waals surface area contributed by atoms with Gasteiger partial charge < -0.3 is 4.90 Å². The highest BCUT2D eigenvalue weighted by Gasteiger charge is 2.17. The molecule has 2 heterocycles. The van der Waals surface area contributed by atoms with Crippen LogP contribution in [0, 0.1) is 10.1 Å². The molecule has 9 nitrogen and oxygen atoms in total. The van der Waals surface area contributed by atoms with Gasteiger partial charge in [-0.3, -0.25) is 14.8 Å². The minimum Gasteiger partial charge on any atom is -0.341 e. The van der Waals surface area contributed by atoms with E-state index >= 15 is 0 Å². The molecule has 3 rings (SSSR count). The van der Waals surface area contributed by atoms with Crippen molar-refractivity contribution >= 4 is 27.3 Å². The van der Waals surface area contributed by atoms with E-state index in [9.17, 15) is 18.5 Å². The molecule has 1 fully saturated rings. The standard InChI is InChI=1S/C15H17N5O4S/c21-20(22)13-4-6-14(7-5-13)25(23,24)18-12-10-16-15(17-11-12)19-8-2-1-3-9-19/h4-7,10-11,18H,1-3,8-9H2. The third-order valence-electron chi connectivity index (χ3n) is 3.89. The molecule has 2 aromatic rings. The highest BCUT2D eigenvalue weighted by Crippen LogP contribution is 2.20. The number of piperidine rings is 1. The molecule has 0 unspecified atom stereocenters. The molecule has 1 aromatic carbocycles. The van der Waals surface area contributed by atoms with Crippen LogP contribution in [0.25, 0.3) is 0 Å². The molecule has 0 saturated carbocycles. The Balaban J connectivity index is 1.73. The Hall–Kier alpha value is -2.75. The molecule has 0 bridgehead atoms. The molecule has 1 aliphatic heterocycles. The first-order chi connectivity index (χ1) is 12.0. The summed E-state index contributed by atoms with van der Waals surface area (Å²) in [5.41, 5.74) is 0.0623. The number of benzene rings is 1. The molecule has 0 radical (unpaired) electrons. The van der Waals surface area contributed by atoms with Crippen LogP contribution in [0.4, 0.5) is 17.3 Å². The van der Waals surface area contributed by atoms with Crippen LogP contribution in [-0.2, 0) is 10.0 Å². The smallest absolute Gasteiger partial charge is 0.269 e. The SMILES string of the molecule is O=[N+]([O-])c1ccc(S(=O)(=O)Nc2cnc(N3CCCCC3)nc2)cc1. The van der Waals surface area contributed by atoms with Crippen molar-refractivity contribution in [3.05, 3.63) is 46.8 Å². The fourth-order valence-corrected chi connectivity index (χ4v) is 3.62. The van der Waals surface area contributed by atoms with Crippen LogP contribution in [-0.4, -0.2) is 36.4 Å². The zero-order valence-electron chi connectivity index (χ0n) is 13.3. The van der Waals surface area contributed by atoms with Gasteiger partial charge in [-0.2, -0.15) is 0 Å². The van der Waals surface area contributed by atoms with Crippen LogP contribution >= 0.6 is 0 Å². The number of aromatic nitrogens is 2. The molecular formula is C15H17N5O4S. The van der Waals surface area contributed by atoms with E-state index < -0.39 is 14.9 Å². The Morgan fingerprint density at radius 3 is 2.20 bits per heavy atom. The first-order valence-corrected chi connectivity index (χ1v) is 9.28. The van der Waals surface area contributed by atoms with Crippen LogP contribution in [0.3, 0.4) is 0 Å². The maximum Gasteiger partial charge on any atom is 0.269 e. The topological polar surface area (TPSA) is 118 Å². The second-order valence-corrected chi connectivity index (χ2v) is 7.36. The summed E-state index contributed by atoms with van der Waals surface area (Å²) in [4.78, 5) is 20.5. The second-order valence-electron chi connectivity index (χ2n) is 5.68. The monoisotopic (exact) mass is 363 g/mol. The lowest BCUT2D eigenvalue weighted by molar-refractivity contribution is -0.384. The van der Waals surface area contributed by atoms with E-state index in [2.05, 4.69) is 19.6 Å². The number of nitro groups is 1. The number of non-ortho nitro benzene ring substituents is 1. The van der Waals surface area contributed by atoms with Crippen molar-refractivity contribution in [1.29, 1.82) is 0 Å². The maximum absolute atomic E-state index is 12.3. The van der Waals surface area contributed by atoms with Gasteiger partial charge in [-0.15, -0.1) is 0 Å². The van der Waals surface area contributed by atoms with Crippen molar-refractivity contribution in [1.82, 2.24) is 9.97 Å². The summed E-state index contributed by atoms with van der Waals surface area (Å²) in [6.07, 6.45) is 6.22. The Morgan fingerprint density at radius 1 is 1.04 bits per heavy atom. The summed E-state index contributed by atoms with van der Waals surface area (Å²) < 4.78 is 27.0. The van der Waals surface area contributed by atoms with E-state index in [0.29, 0.717) is 5.95 Å². The van der Waals surface area contributed by atoms with E-state index in [0.717, 1.165) is 38.1 Å². The van der Waals surface area contributed by atoms with E-state index in [1.807, 2.05) is 0 Å². The van der Waals surface area contributed by atoms with Crippen LogP contribution < -0.4 is 9.62 Å².